The van der Waals surface area contributed by atoms with Crippen LogP contribution in [0.25, 0.3) is 10.9 Å². The minimum Gasteiger partial charge on any atom is -0.480 e. The maximum absolute atomic E-state index is 10.6. The topological polar surface area (TPSA) is 85.6 Å². The molecule has 1 unspecified atom stereocenters. The number of rotatable bonds is 8. The largest absolute Gasteiger partial charge is 0.480 e. The number of aromatic amines is 1. The summed E-state index contributed by atoms with van der Waals surface area (Å²) in [7, 11) is 2.11. The number of carbonyl (C=O) groups is 1. The fourth-order valence-electron chi connectivity index (χ4n) is 3.10. The third kappa shape index (κ3) is 6.64. The highest BCUT2D eigenvalue weighted by Crippen LogP contribution is 2.18. The molecule has 0 saturated heterocycles. The Labute approximate surface area is 161 Å². The SMILES string of the molecule is CCCCCCN1C=CN(C)C1.NC(Cc1c[nH]c2ccccc12)C(=O)O. The third-order valence-electron chi connectivity index (χ3n) is 4.67. The number of benzene rings is 1. The number of fused-ring (bicyclic) bond motifs is 1. The summed E-state index contributed by atoms with van der Waals surface area (Å²) in [5.74, 6) is -0.972. The lowest BCUT2D eigenvalue weighted by atomic mass is 10.1. The van der Waals surface area contributed by atoms with Crippen molar-refractivity contribution in [2.75, 3.05) is 20.3 Å². The number of aliphatic carboxylic acids is 1. The third-order valence-corrected chi connectivity index (χ3v) is 4.67. The van der Waals surface area contributed by atoms with Gasteiger partial charge in [0, 0.05) is 49.5 Å². The highest BCUT2D eigenvalue weighted by molar-refractivity contribution is 5.84. The van der Waals surface area contributed by atoms with E-state index in [1.54, 1.807) is 0 Å². The van der Waals surface area contributed by atoms with Gasteiger partial charge in [0.1, 0.15) is 6.04 Å². The summed E-state index contributed by atoms with van der Waals surface area (Å²) < 4.78 is 0. The first-order valence-electron chi connectivity index (χ1n) is 9.67. The van der Waals surface area contributed by atoms with Crippen LogP contribution < -0.4 is 5.73 Å². The highest BCUT2D eigenvalue weighted by atomic mass is 16.4. The van der Waals surface area contributed by atoms with Gasteiger partial charge in [-0.3, -0.25) is 4.79 Å². The van der Waals surface area contributed by atoms with E-state index in [1.807, 2.05) is 30.5 Å². The average molecular weight is 373 g/mol. The molecule has 1 aromatic carbocycles. The molecule has 0 bridgehead atoms. The van der Waals surface area contributed by atoms with E-state index in [-0.39, 0.29) is 0 Å². The Balaban J connectivity index is 0.000000199. The maximum atomic E-state index is 10.6. The van der Waals surface area contributed by atoms with E-state index in [2.05, 4.69) is 41.2 Å². The van der Waals surface area contributed by atoms with Crippen LogP contribution in [0, 0.1) is 0 Å². The molecule has 3 rings (SSSR count). The molecule has 6 heteroatoms. The minimum atomic E-state index is -0.972. The molecule has 2 heterocycles. The number of para-hydroxylation sites is 1. The van der Waals surface area contributed by atoms with Gasteiger partial charge >= 0.3 is 5.97 Å². The monoisotopic (exact) mass is 372 g/mol. The van der Waals surface area contributed by atoms with Crippen LogP contribution >= 0.6 is 0 Å². The van der Waals surface area contributed by atoms with Crippen molar-refractivity contribution in [2.24, 2.45) is 5.73 Å². The van der Waals surface area contributed by atoms with Gasteiger partial charge in [0.15, 0.2) is 0 Å². The molecular weight excluding hydrogens is 340 g/mol. The summed E-state index contributed by atoms with van der Waals surface area (Å²) in [6.07, 6.45) is 11.9. The van der Waals surface area contributed by atoms with Gasteiger partial charge in [0.2, 0.25) is 0 Å². The number of carboxylic acid groups (broad SMARTS) is 1. The van der Waals surface area contributed by atoms with Crippen molar-refractivity contribution in [3.8, 4) is 0 Å². The predicted octanol–water partition coefficient (Wildman–Crippen LogP) is 3.37. The van der Waals surface area contributed by atoms with Gasteiger partial charge < -0.3 is 25.6 Å². The fraction of sp³-hybridized carbons (Fsp3) is 0.476. The Kier molecular flexibility index (Phi) is 8.20. The van der Waals surface area contributed by atoms with Crippen molar-refractivity contribution in [2.45, 2.75) is 45.1 Å². The number of aromatic nitrogens is 1. The normalized spacial score (nSPS) is 14.3. The number of nitrogens with zero attached hydrogens (tertiary/aromatic N) is 2. The Bertz CT molecular complexity index is 741. The first kappa shape index (κ1) is 20.8. The van der Waals surface area contributed by atoms with Gasteiger partial charge in [-0.2, -0.15) is 0 Å². The number of H-pyrrole nitrogens is 1. The van der Waals surface area contributed by atoms with Crippen LogP contribution in [-0.4, -0.2) is 52.2 Å². The Morgan fingerprint density at radius 2 is 2.04 bits per heavy atom. The van der Waals surface area contributed by atoms with Crippen LogP contribution in [0.3, 0.4) is 0 Å². The summed E-state index contributed by atoms with van der Waals surface area (Å²) >= 11 is 0. The number of nitrogens with two attached hydrogens (primary N) is 1. The molecular formula is C21H32N4O2. The van der Waals surface area contributed by atoms with Crippen LogP contribution in [0.15, 0.2) is 42.9 Å². The highest BCUT2D eigenvalue weighted by Gasteiger charge is 2.14. The van der Waals surface area contributed by atoms with Crippen LogP contribution in [0.5, 0.6) is 0 Å². The molecule has 1 atom stereocenters. The Morgan fingerprint density at radius 1 is 1.26 bits per heavy atom. The summed E-state index contributed by atoms with van der Waals surface area (Å²) in [5, 5.41) is 9.75. The molecule has 27 heavy (non-hydrogen) atoms. The number of nitrogens with one attached hydrogen (secondary N) is 1. The number of carboxylic acids is 1. The van der Waals surface area contributed by atoms with Crippen molar-refractivity contribution in [3.63, 3.8) is 0 Å². The molecule has 1 aliphatic rings. The van der Waals surface area contributed by atoms with Crippen LogP contribution in [0.4, 0.5) is 0 Å². The van der Waals surface area contributed by atoms with Crippen LogP contribution in [-0.2, 0) is 11.2 Å². The second-order valence-corrected chi connectivity index (χ2v) is 7.08. The molecule has 4 N–H and O–H groups in total. The van der Waals surface area contributed by atoms with E-state index in [0.717, 1.165) is 23.1 Å². The van der Waals surface area contributed by atoms with Gasteiger partial charge in [-0.15, -0.1) is 0 Å². The van der Waals surface area contributed by atoms with Crippen LogP contribution in [0.2, 0.25) is 0 Å². The van der Waals surface area contributed by atoms with Gasteiger partial charge in [0.05, 0.1) is 6.67 Å². The number of hydrogen-bond donors (Lipinski definition) is 3. The van der Waals surface area contributed by atoms with E-state index in [4.69, 9.17) is 10.8 Å². The second-order valence-electron chi connectivity index (χ2n) is 7.08. The van der Waals surface area contributed by atoms with Gasteiger partial charge in [-0.1, -0.05) is 44.4 Å². The Hall–Kier alpha value is -2.47. The molecule has 0 saturated carbocycles. The van der Waals surface area contributed by atoms with Crippen molar-refractivity contribution < 1.29 is 9.90 Å². The van der Waals surface area contributed by atoms with E-state index in [1.165, 1.54) is 32.2 Å². The lowest BCUT2D eigenvalue weighted by Gasteiger charge is -2.17. The van der Waals surface area contributed by atoms with Crippen molar-refractivity contribution in [1.29, 1.82) is 0 Å². The van der Waals surface area contributed by atoms with Crippen LogP contribution in [0.1, 0.15) is 38.2 Å². The van der Waals surface area contributed by atoms with Gasteiger partial charge in [-0.05, 0) is 18.1 Å². The first-order chi connectivity index (χ1) is 13.0. The van der Waals surface area contributed by atoms with Gasteiger partial charge in [-0.25, -0.2) is 0 Å². The average Bonchev–Trinajstić information content (AvgIpc) is 3.26. The minimum absolute atomic E-state index is 0.347. The zero-order chi connectivity index (χ0) is 19.6. The molecule has 6 nitrogen and oxygen atoms in total. The standard InChI is InChI=1S/C11H12N2O2.C10H20N2/c12-9(11(14)15)5-7-6-13-10-4-2-1-3-8(7)10;1-3-4-5-6-7-12-9-8-11(2)10-12/h1-4,6,9,13H,5,12H2,(H,14,15);8-9H,3-7,10H2,1-2H3. The van der Waals surface area contributed by atoms with Crippen molar-refractivity contribution in [3.05, 3.63) is 48.4 Å². The maximum Gasteiger partial charge on any atom is 0.320 e. The molecule has 0 fully saturated rings. The molecule has 0 aliphatic carbocycles. The Morgan fingerprint density at radius 3 is 2.70 bits per heavy atom. The zero-order valence-corrected chi connectivity index (χ0v) is 16.4. The molecule has 0 amide bonds. The predicted molar refractivity (Wildman–Crippen MR) is 110 cm³/mol. The molecule has 2 aromatic rings. The van der Waals surface area contributed by atoms with Crippen molar-refractivity contribution in [1.82, 2.24) is 14.8 Å². The van der Waals surface area contributed by atoms with E-state index in [0.29, 0.717) is 6.42 Å². The smallest absolute Gasteiger partial charge is 0.320 e. The van der Waals surface area contributed by atoms with Gasteiger partial charge in [0.25, 0.3) is 0 Å². The lowest BCUT2D eigenvalue weighted by Crippen LogP contribution is -2.32. The van der Waals surface area contributed by atoms with E-state index in [9.17, 15) is 4.79 Å². The molecule has 148 valence electrons. The van der Waals surface area contributed by atoms with Crippen molar-refractivity contribution >= 4 is 16.9 Å². The zero-order valence-electron chi connectivity index (χ0n) is 16.4. The quantitative estimate of drug-likeness (QED) is 0.619. The summed E-state index contributed by atoms with van der Waals surface area (Å²) in [6.45, 7) is 4.55. The lowest BCUT2D eigenvalue weighted by molar-refractivity contribution is -0.138. The van der Waals surface area contributed by atoms with E-state index >= 15 is 0 Å². The summed E-state index contributed by atoms with van der Waals surface area (Å²) in [4.78, 5) is 18.3. The summed E-state index contributed by atoms with van der Waals surface area (Å²) in [6, 6.07) is 6.91. The molecule has 0 spiro atoms. The molecule has 1 aliphatic heterocycles. The first-order valence-corrected chi connectivity index (χ1v) is 9.67. The second kappa shape index (κ2) is 10.6. The van der Waals surface area contributed by atoms with E-state index < -0.39 is 12.0 Å². The number of unbranched alkanes of at least 4 members (excludes halogenated alkanes) is 3. The molecule has 1 aromatic heterocycles. The summed E-state index contributed by atoms with van der Waals surface area (Å²) in [5.41, 5.74) is 7.43. The number of hydrogen-bond acceptors (Lipinski definition) is 4. The fourth-order valence-corrected chi connectivity index (χ4v) is 3.10. The molecule has 0 radical (unpaired) electrons.